The highest BCUT2D eigenvalue weighted by Crippen LogP contribution is 2.25. The van der Waals surface area contributed by atoms with Crippen LogP contribution in [-0.4, -0.2) is 24.4 Å². The van der Waals surface area contributed by atoms with Crippen LogP contribution in [0.15, 0.2) is 18.2 Å². The molecule has 0 aliphatic heterocycles. The summed E-state index contributed by atoms with van der Waals surface area (Å²) in [4.78, 5) is 0.899. The molecule has 0 fully saturated rings. The lowest BCUT2D eigenvalue weighted by Gasteiger charge is -2.25. The molecule has 1 N–H and O–H groups in total. The van der Waals surface area contributed by atoms with Crippen LogP contribution in [0.25, 0.3) is 0 Å². The Morgan fingerprint density at radius 3 is 2.35 bits per heavy atom. The summed E-state index contributed by atoms with van der Waals surface area (Å²) >= 11 is 0. The third kappa shape index (κ3) is 3.89. The van der Waals surface area contributed by atoms with Crippen molar-refractivity contribution in [3.63, 3.8) is 0 Å². The number of benzene rings is 1. The van der Waals surface area contributed by atoms with Gasteiger partial charge in [0, 0.05) is 6.54 Å². The largest absolute Gasteiger partial charge is 0.405 e. The molecule has 6 heteroatoms. The highest BCUT2D eigenvalue weighted by atomic mass is 19.4. The van der Waals surface area contributed by atoms with Gasteiger partial charge in [-0.3, -0.25) is 0 Å². The third-order valence-electron chi connectivity index (χ3n) is 2.29. The van der Waals surface area contributed by atoms with Gasteiger partial charge in [-0.1, -0.05) is 6.07 Å². The van der Waals surface area contributed by atoms with Gasteiger partial charge in [-0.15, -0.1) is 0 Å². The molecule has 0 amide bonds. The number of hydrogen-bond donors (Lipinski definition) is 1. The van der Waals surface area contributed by atoms with E-state index in [1.54, 1.807) is 0 Å². The molecule has 0 saturated carbocycles. The number of rotatable bonds is 4. The van der Waals surface area contributed by atoms with Crippen molar-refractivity contribution >= 4 is 5.69 Å². The minimum Gasteiger partial charge on any atom is -0.392 e. The second-order valence-corrected chi connectivity index (χ2v) is 3.57. The van der Waals surface area contributed by atoms with Gasteiger partial charge in [0.05, 0.1) is 12.3 Å². The van der Waals surface area contributed by atoms with E-state index in [-0.39, 0.29) is 18.8 Å². The third-order valence-corrected chi connectivity index (χ3v) is 2.29. The molecule has 2 nitrogen and oxygen atoms in total. The Morgan fingerprint density at radius 2 is 1.94 bits per heavy atom. The number of anilines is 1. The van der Waals surface area contributed by atoms with Gasteiger partial charge in [0.25, 0.3) is 0 Å². The molecule has 0 radical (unpaired) electrons. The topological polar surface area (TPSA) is 23.5 Å². The van der Waals surface area contributed by atoms with Crippen LogP contribution in [-0.2, 0) is 6.61 Å². The van der Waals surface area contributed by atoms with Gasteiger partial charge < -0.3 is 10.0 Å². The maximum atomic E-state index is 13.5. The molecule has 1 aromatic rings. The molecule has 0 aliphatic rings. The molecule has 0 spiro atoms. The molecule has 0 saturated heterocycles. The monoisotopic (exact) mass is 251 g/mol. The molecule has 0 atom stereocenters. The van der Waals surface area contributed by atoms with E-state index >= 15 is 0 Å². The quantitative estimate of drug-likeness (QED) is 0.832. The molecular formula is C11H13F4NO. The van der Waals surface area contributed by atoms with Gasteiger partial charge in [-0.25, -0.2) is 4.39 Å². The van der Waals surface area contributed by atoms with Gasteiger partial charge in [0.15, 0.2) is 0 Å². The van der Waals surface area contributed by atoms with Gasteiger partial charge >= 0.3 is 6.18 Å². The Labute approximate surface area is 96.5 Å². The fourth-order valence-electron chi connectivity index (χ4n) is 1.49. The number of alkyl halides is 3. The molecule has 0 bridgehead atoms. The first-order valence-corrected chi connectivity index (χ1v) is 5.08. The fourth-order valence-corrected chi connectivity index (χ4v) is 1.49. The number of nitrogens with zero attached hydrogens (tertiary/aromatic N) is 1. The fraction of sp³-hybridized carbons (Fsp3) is 0.455. The molecule has 0 heterocycles. The summed E-state index contributed by atoms with van der Waals surface area (Å²) in [6.07, 6.45) is -4.38. The first-order valence-electron chi connectivity index (χ1n) is 5.08. The maximum Gasteiger partial charge on any atom is 0.405 e. The molecular weight excluding hydrogens is 238 g/mol. The van der Waals surface area contributed by atoms with Crippen LogP contribution in [0.3, 0.4) is 0 Å². The van der Waals surface area contributed by atoms with Crippen LogP contribution in [0.4, 0.5) is 23.2 Å². The Balaban J connectivity index is 2.96. The molecule has 0 unspecified atom stereocenters. The van der Waals surface area contributed by atoms with Crippen LogP contribution in [0.1, 0.15) is 12.5 Å². The standard InChI is InChI=1S/C11H13F4NO/c1-2-16(7-11(13,14)15)10-4-3-8(6-17)5-9(10)12/h3-5,17H,2,6-7H2,1H3. The Kier molecular flexibility index (Phi) is 4.34. The molecule has 0 aliphatic carbocycles. The lowest BCUT2D eigenvalue weighted by Crippen LogP contribution is -2.34. The van der Waals surface area contributed by atoms with Crippen LogP contribution < -0.4 is 4.90 Å². The lowest BCUT2D eigenvalue weighted by molar-refractivity contribution is -0.119. The summed E-state index contributed by atoms with van der Waals surface area (Å²) in [7, 11) is 0. The molecule has 1 rings (SSSR count). The summed E-state index contributed by atoms with van der Waals surface area (Å²) in [6.45, 7) is 0.0293. The Bertz CT molecular complexity index is 378. The van der Waals surface area contributed by atoms with E-state index in [2.05, 4.69) is 0 Å². The number of halogens is 4. The minimum absolute atomic E-state index is 0.0505. The van der Waals surface area contributed by atoms with Crippen LogP contribution >= 0.6 is 0 Å². The van der Waals surface area contributed by atoms with Crippen LogP contribution in [0.2, 0.25) is 0 Å². The van der Waals surface area contributed by atoms with E-state index < -0.39 is 18.5 Å². The van der Waals surface area contributed by atoms with Gasteiger partial charge in [0.1, 0.15) is 12.4 Å². The smallest absolute Gasteiger partial charge is 0.392 e. The van der Waals surface area contributed by atoms with Crippen molar-refractivity contribution in [2.24, 2.45) is 0 Å². The van der Waals surface area contributed by atoms with Crippen LogP contribution in [0, 0.1) is 5.82 Å². The summed E-state index contributed by atoms with van der Waals surface area (Å²) < 4.78 is 50.3. The number of hydrogen-bond acceptors (Lipinski definition) is 2. The first-order chi connectivity index (χ1) is 7.87. The van der Waals surface area contributed by atoms with Crippen molar-refractivity contribution in [2.75, 3.05) is 18.0 Å². The second-order valence-electron chi connectivity index (χ2n) is 3.57. The average Bonchev–Trinajstić information content (AvgIpc) is 2.24. The zero-order valence-corrected chi connectivity index (χ0v) is 9.26. The van der Waals surface area contributed by atoms with Gasteiger partial charge in [-0.05, 0) is 24.6 Å². The average molecular weight is 251 g/mol. The normalized spacial score (nSPS) is 11.6. The minimum atomic E-state index is -4.38. The summed E-state index contributed by atoms with van der Waals surface area (Å²) in [5, 5.41) is 8.77. The molecule has 17 heavy (non-hydrogen) atoms. The van der Waals surface area contributed by atoms with Crippen molar-refractivity contribution < 1.29 is 22.7 Å². The Morgan fingerprint density at radius 1 is 1.29 bits per heavy atom. The van der Waals surface area contributed by atoms with Crippen LogP contribution in [0.5, 0.6) is 0 Å². The first kappa shape index (κ1) is 13.8. The van der Waals surface area contributed by atoms with Gasteiger partial charge in [0.2, 0.25) is 0 Å². The van der Waals surface area contributed by atoms with E-state index in [1.165, 1.54) is 19.1 Å². The number of aliphatic hydroxyl groups excluding tert-OH is 1. The highest BCUT2D eigenvalue weighted by molar-refractivity contribution is 5.49. The number of aliphatic hydroxyl groups is 1. The van der Waals surface area contributed by atoms with Crippen molar-refractivity contribution in [3.05, 3.63) is 29.6 Å². The zero-order valence-electron chi connectivity index (χ0n) is 9.26. The zero-order chi connectivity index (χ0) is 13.1. The van der Waals surface area contributed by atoms with Crippen molar-refractivity contribution in [1.29, 1.82) is 0 Å². The molecule has 96 valence electrons. The van der Waals surface area contributed by atoms with Gasteiger partial charge in [-0.2, -0.15) is 13.2 Å². The SMILES string of the molecule is CCN(CC(F)(F)F)c1ccc(CO)cc1F. The van der Waals surface area contributed by atoms with E-state index in [0.29, 0.717) is 5.56 Å². The lowest BCUT2D eigenvalue weighted by atomic mass is 10.2. The summed E-state index contributed by atoms with van der Waals surface area (Å²) in [5.74, 6) is -0.761. The summed E-state index contributed by atoms with van der Waals surface area (Å²) in [6, 6.07) is 3.68. The van der Waals surface area contributed by atoms with Crippen molar-refractivity contribution in [1.82, 2.24) is 0 Å². The summed E-state index contributed by atoms with van der Waals surface area (Å²) in [5.41, 5.74) is 0.219. The maximum absolute atomic E-state index is 13.5. The van der Waals surface area contributed by atoms with E-state index in [0.717, 1.165) is 11.0 Å². The van der Waals surface area contributed by atoms with E-state index in [9.17, 15) is 17.6 Å². The Hall–Kier alpha value is -1.30. The van der Waals surface area contributed by atoms with Crippen molar-refractivity contribution in [3.8, 4) is 0 Å². The molecule has 1 aromatic carbocycles. The predicted molar refractivity (Wildman–Crippen MR) is 56.3 cm³/mol. The van der Waals surface area contributed by atoms with Crippen molar-refractivity contribution in [2.45, 2.75) is 19.7 Å². The van der Waals surface area contributed by atoms with E-state index in [1.807, 2.05) is 0 Å². The second kappa shape index (κ2) is 5.35. The van der Waals surface area contributed by atoms with E-state index in [4.69, 9.17) is 5.11 Å². The predicted octanol–water partition coefficient (Wildman–Crippen LogP) is 2.71. The molecule has 0 aromatic heterocycles. The highest BCUT2D eigenvalue weighted by Gasteiger charge is 2.31.